The van der Waals surface area contributed by atoms with Crippen molar-refractivity contribution in [2.75, 3.05) is 0 Å². The van der Waals surface area contributed by atoms with Gasteiger partial charge < -0.3 is 0 Å². The molecule has 4 aliphatic rings. The number of hydrogen-bond donors (Lipinski definition) is 0. The van der Waals surface area contributed by atoms with Crippen molar-refractivity contribution >= 4 is 45.7 Å². The number of benzene rings is 4. The van der Waals surface area contributed by atoms with Crippen molar-refractivity contribution in [2.45, 2.75) is 78.1 Å². The highest BCUT2D eigenvalue weighted by Gasteiger charge is 2.27. The van der Waals surface area contributed by atoms with Crippen LogP contribution < -0.4 is 10.4 Å². The van der Waals surface area contributed by atoms with E-state index in [9.17, 15) is 0 Å². The number of hydrogen-bond acceptors (Lipinski definition) is 0. The van der Waals surface area contributed by atoms with E-state index in [1.165, 1.54) is 76.9 Å². The quantitative estimate of drug-likeness (QED) is 0.199. The maximum Gasteiger partial charge on any atom is -0.00701 e. The van der Waals surface area contributed by atoms with E-state index in [1.807, 2.05) is 0 Å². The average molecular weight is 597 g/mol. The van der Waals surface area contributed by atoms with Crippen molar-refractivity contribution < 1.29 is 0 Å². The van der Waals surface area contributed by atoms with Gasteiger partial charge in [0.2, 0.25) is 0 Å². The van der Waals surface area contributed by atoms with E-state index in [0.717, 1.165) is 64.2 Å². The summed E-state index contributed by atoms with van der Waals surface area (Å²) in [6.07, 6.45) is 26.2. The Balaban J connectivity index is 1.15. The molecule has 0 nitrogen and oxygen atoms in total. The molecule has 46 heavy (non-hydrogen) atoms. The predicted molar refractivity (Wildman–Crippen MR) is 200 cm³/mol. The molecule has 0 radical (unpaired) electrons. The van der Waals surface area contributed by atoms with Gasteiger partial charge in [-0.3, -0.25) is 0 Å². The van der Waals surface area contributed by atoms with Crippen molar-refractivity contribution in [3.8, 4) is 0 Å². The zero-order chi connectivity index (χ0) is 31.0. The van der Waals surface area contributed by atoms with Gasteiger partial charge in [-0.2, -0.15) is 0 Å². The van der Waals surface area contributed by atoms with Crippen molar-refractivity contribution in [1.82, 2.24) is 0 Å². The summed E-state index contributed by atoms with van der Waals surface area (Å²) in [4.78, 5) is 0. The predicted octanol–water partition coefficient (Wildman–Crippen LogP) is 10.9. The number of allylic oxidation sites excluding steroid dienone is 9. The minimum absolute atomic E-state index is 1.07. The molecule has 0 spiro atoms. The molecule has 4 aliphatic carbocycles. The molecule has 8 rings (SSSR count). The van der Waals surface area contributed by atoms with Crippen LogP contribution in [0.3, 0.4) is 0 Å². The van der Waals surface area contributed by atoms with Crippen molar-refractivity contribution in [1.29, 1.82) is 0 Å². The molecule has 0 saturated carbocycles. The van der Waals surface area contributed by atoms with Crippen LogP contribution in [0, 0.1) is 0 Å². The van der Waals surface area contributed by atoms with Crippen molar-refractivity contribution in [3.05, 3.63) is 152 Å². The van der Waals surface area contributed by atoms with Gasteiger partial charge in [-0.05, 0) is 152 Å². The van der Waals surface area contributed by atoms with Gasteiger partial charge >= 0.3 is 0 Å². The third kappa shape index (κ3) is 5.00. The minimum Gasteiger partial charge on any atom is -0.0807 e. The Hall–Kier alpha value is -4.42. The molecule has 0 saturated heterocycles. The zero-order valence-corrected chi connectivity index (χ0v) is 27.5. The van der Waals surface area contributed by atoms with E-state index in [-0.39, 0.29) is 0 Å². The van der Waals surface area contributed by atoms with Crippen LogP contribution in [0.2, 0.25) is 0 Å². The molecule has 228 valence electrons. The number of aryl methyl sites for hydroxylation is 2. The number of fused-ring (bicyclic) bond motifs is 5. The van der Waals surface area contributed by atoms with E-state index in [1.54, 1.807) is 11.1 Å². The standard InChI is InChI=1S/C46H44/c1-3-14-36-37-18-7-8-19-38(37)42-28-27-34(30-45(36)42)31(4-2)17-13-24-39-40-20-9-11-22-43(40)46(44-23-12-10-21-41(39)44)35-26-25-32-15-5-6-16-33(32)29-35/h5-9,11,14-23,29-30H,3-4,10,12-13,24-28H2,1-2H3. The van der Waals surface area contributed by atoms with Crippen molar-refractivity contribution in [2.24, 2.45) is 0 Å². The molecule has 0 heterocycles. The highest BCUT2D eigenvalue weighted by molar-refractivity contribution is 6.03. The van der Waals surface area contributed by atoms with Crippen LogP contribution in [0.5, 0.6) is 0 Å². The van der Waals surface area contributed by atoms with E-state index in [4.69, 9.17) is 0 Å². The Morgan fingerprint density at radius 2 is 1.48 bits per heavy atom. The minimum atomic E-state index is 1.07. The Morgan fingerprint density at radius 1 is 0.717 bits per heavy atom. The van der Waals surface area contributed by atoms with Crippen molar-refractivity contribution in [3.63, 3.8) is 0 Å². The van der Waals surface area contributed by atoms with Gasteiger partial charge in [0.1, 0.15) is 0 Å². The first-order valence-corrected chi connectivity index (χ1v) is 17.7. The van der Waals surface area contributed by atoms with Crippen LogP contribution in [-0.2, 0) is 12.8 Å². The lowest BCUT2D eigenvalue weighted by Crippen LogP contribution is -2.34. The summed E-state index contributed by atoms with van der Waals surface area (Å²) in [5.41, 5.74) is 17.8. The van der Waals surface area contributed by atoms with Gasteiger partial charge in [-0.25, -0.2) is 0 Å². The summed E-state index contributed by atoms with van der Waals surface area (Å²) in [5.74, 6) is 0. The fourth-order valence-corrected chi connectivity index (χ4v) is 8.64. The Labute approximate surface area is 274 Å². The maximum atomic E-state index is 2.57. The summed E-state index contributed by atoms with van der Waals surface area (Å²) in [5, 5.41) is 5.85. The first-order chi connectivity index (χ1) is 22.7. The normalized spacial score (nSPS) is 17.9. The fraction of sp³-hybridized carbons (Fsp3) is 0.261. The first-order valence-electron chi connectivity index (χ1n) is 17.7. The molecule has 0 aliphatic heterocycles. The highest BCUT2D eigenvalue weighted by atomic mass is 14.3. The van der Waals surface area contributed by atoms with Gasteiger partial charge in [-0.1, -0.05) is 123 Å². The molecular weight excluding hydrogens is 553 g/mol. The molecule has 0 amide bonds. The number of rotatable bonds is 7. The molecule has 0 aromatic heterocycles. The van der Waals surface area contributed by atoms with Crippen LogP contribution >= 0.6 is 0 Å². The molecule has 4 aromatic carbocycles. The molecule has 4 aromatic rings. The lowest BCUT2D eigenvalue weighted by molar-refractivity contribution is 0.919. The van der Waals surface area contributed by atoms with Gasteiger partial charge in [0, 0.05) is 0 Å². The second-order valence-electron chi connectivity index (χ2n) is 13.3. The van der Waals surface area contributed by atoms with E-state index < -0.39 is 0 Å². The highest BCUT2D eigenvalue weighted by Crippen LogP contribution is 2.48. The maximum absolute atomic E-state index is 2.57. The summed E-state index contributed by atoms with van der Waals surface area (Å²) < 4.78 is 0. The summed E-state index contributed by atoms with van der Waals surface area (Å²) in [7, 11) is 0. The lowest BCUT2D eigenvalue weighted by atomic mass is 9.82. The second-order valence-corrected chi connectivity index (χ2v) is 13.3. The Morgan fingerprint density at radius 3 is 2.33 bits per heavy atom. The SMILES string of the molecule is CCC=C1C2=C(CCC(C(=CCCc3c4c(c(C5=Cc6ccccc6CC5)c5ccccc35)=CCCC=4)CC)=C2)c2ccccc21. The molecular formula is C46H44. The molecule has 0 fully saturated rings. The Bertz CT molecular complexity index is 2150. The molecule has 0 N–H and O–H groups in total. The monoisotopic (exact) mass is 596 g/mol. The van der Waals surface area contributed by atoms with Crippen LogP contribution in [-0.4, -0.2) is 0 Å². The van der Waals surface area contributed by atoms with E-state index >= 15 is 0 Å². The molecule has 0 bridgehead atoms. The second kappa shape index (κ2) is 12.4. The topological polar surface area (TPSA) is 0 Å². The van der Waals surface area contributed by atoms with E-state index in [0.29, 0.717) is 0 Å². The Kier molecular flexibility index (Phi) is 7.83. The van der Waals surface area contributed by atoms with Crippen LogP contribution in [0.25, 0.3) is 45.7 Å². The largest absolute Gasteiger partial charge is 0.0807 e. The molecule has 0 unspecified atom stereocenters. The van der Waals surface area contributed by atoms with Gasteiger partial charge in [0.25, 0.3) is 0 Å². The zero-order valence-electron chi connectivity index (χ0n) is 27.5. The van der Waals surface area contributed by atoms with Crippen LogP contribution in [0.15, 0.2) is 108 Å². The molecule has 0 atom stereocenters. The average Bonchev–Trinajstić information content (AvgIpc) is 3.42. The first kappa shape index (κ1) is 29.0. The van der Waals surface area contributed by atoms with E-state index in [2.05, 4.69) is 123 Å². The molecule has 0 heteroatoms. The summed E-state index contributed by atoms with van der Waals surface area (Å²) >= 11 is 0. The lowest BCUT2D eigenvalue weighted by Gasteiger charge is -2.22. The van der Waals surface area contributed by atoms with Gasteiger partial charge in [0.05, 0.1) is 0 Å². The van der Waals surface area contributed by atoms with Gasteiger partial charge in [-0.15, -0.1) is 0 Å². The van der Waals surface area contributed by atoms with Gasteiger partial charge in [0.15, 0.2) is 0 Å². The smallest absolute Gasteiger partial charge is 0.00701 e. The summed E-state index contributed by atoms with van der Waals surface area (Å²) in [6, 6.07) is 27.2. The third-order valence-electron chi connectivity index (χ3n) is 10.7. The van der Waals surface area contributed by atoms with Crippen LogP contribution in [0.1, 0.15) is 98.6 Å². The summed E-state index contributed by atoms with van der Waals surface area (Å²) in [6.45, 7) is 4.60. The van der Waals surface area contributed by atoms with Crippen LogP contribution in [0.4, 0.5) is 0 Å². The third-order valence-corrected chi connectivity index (χ3v) is 10.7. The fourth-order valence-electron chi connectivity index (χ4n) is 8.64.